The van der Waals surface area contributed by atoms with Crippen molar-refractivity contribution >= 4 is 16.0 Å². The van der Waals surface area contributed by atoms with E-state index >= 15 is 0 Å². The van der Waals surface area contributed by atoms with Crippen molar-refractivity contribution in [1.29, 1.82) is 0 Å². The number of rotatable bonds is 4. The summed E-state index contributed by atoms with van der Waals surface area (Å²) in [4.78, 5) is 3.93. The van der Waals surface area contributed by atoms with Gasteiger partial charge in [0, 0.05) is 0 Å². The summed E-state index contributed by atoms with van der Waals surface area (Å²) in [5.41, 5.74) is 0. The Hall–Kier alpha value is -1.11. The van der Waals surface area contributed by atoms with Crippen LogP contribution in [0, 0.1) is 12.8 Å². The molecule has 1 saturated carbocycles. The van der Waals surface area contributed by atoms with Crippen LogP contribution in [-0.2, 0) is 10.0 Å². The van der Waals surface area contributed by atoms with Crippen molar-refractivity contribution in [2.45, 2.75) is 39.0 Å². The molecule has 1 aliphatic carbocycles. The first-order chi connectivity index (χ1) is 8.05. The number of nitrogens with one attached hydrogen (secondary N) is 2. The fourth-order valence-corrected chi connectivity index (χ4v) is 3.64. The molecule has 96 valence electrons. The largest absolute Gasteiger partial charge is 0.261 e. The molecule has 0 saturated heterocycles. The van der Waals surface area contributed by atoms with Gasteiger partial charge >= 0.3 is 0 Å². The topological polar surface area (TPSA) is 87.7 Å². The summed E-state index contributed by atoms with van der Waals surface area (Å²) in [5, 5.41) is 6.37. The first-order valence-corrected chi connectivity index (χ1v) is 7.60. The summed E-state index contributed by atoms with van der Waals surface area (Å²) in [6.07, 6.45) is 5.52. The molecule has 1 aromatic heterocycles. The molecule has 1 aromatic rings. The van der Waals surface area contributed by atoms with E-state index in [4.69, 9.17) is 0 Å². The van der Waals surface area contributed by atoms with E-state index in [9.17, 15) is 8.42 Å². The number of anilines is 1. The fourth-order valence-electron chi connectivity index (χ4n) is 2.23. The van der Waals surface area contributed by atoms with Crippen LogP contribution in [0.5, 0.6) is 0 Å². The van der Waals surface area contributed by atoms with Crippen LogP contribution in [0.3, 0.4) is 0 Å². The molecule has 2 rings (SSSR count). The van der Waals surface area contributed by atoms with Crippen molar-refractivity contribution < 1.29 is 8.42 Å². The lowest BCUT2D eigenvalue weighted by Gasteiger charge is -2.20. The predicted octanol–water partition coefficient (Wildman–Crippen LogP) is 1.44. The number of H-pyrrole nitrogens is 1. The summed E-state index contributed by atoms with van der Waals surface area (Å²) < 4.78 is 26.1. The van der Waals surface area contributed by atoms with Gasteiger partial charge in [-0.1, -0.05) is 19.3 Å². The Morgan fingerprint density at radius 3 is 2.65 bits per heavy atom. The monoisotopic (exact) mass is 258 g/mol. The minimum absolute atomic E-state index is 0.137. The first-order valence-electron chi connectivity index (χ1n) is 5.95. The summed E-state index contributed by atoms with van der Waals surface area (Å²) in [6, 6.07) is 0. The molecule has 0 aliphatic heterocycles. The maximum Gasteiger partial charge on any atom is 0.255 e. The van der Waals surface area contributed by atoms with Gasteiger partial charge < -0.3 is 0 Å². The Balaban J connectivity index is 1.94. The number of nitrogens with zero attached hydrogens (tertiary/aromatic N) is 2. The maximum atomic E-state index is 11.9. The van der Waals surface area contributed by atoms with Gasteiger partial charge in [-0.15, -0.1) is 5.10 Å². The predicted molar refractivity (Wildman–Crippen MR) is 65.1 cm³/mol. The van der Waals surface area contributed by atoms with Crippen molar-refractivity contribution in [3.8, 4) is 0 Å². The molecule has 0 unspecified atom stereocenters. The fraction of sp³-hybridized carbons (Fsp3) is 0.800. The van der Waals surface area contributed by atoms with Crippen molar-refractivity contribution in [3.63, 3.8) is 0 Å². The second kappa shape index (κ2) is 5.03. The van der Waals surface area contributed by atoms with E-state index in [1.165, 1.54) is 6.42 Å². The number of aromatic amines is 1. The molecule has 0 spiro atoms. The van der Waals surface area contributed by atoms with Crippen molar-refractivity contribution in [1.82, 2.24) is 15.2 Å². The quantitative estimate of drug-likeness (QED) is 0.855. The molecule has 17 heavy (non-hydrogen) atoms. The van der Waals surface area contributed by atoms with Gasteiger partial charge in [-0.3, -0.25) is 5.10 Å². The van der Waals surface area contributed by atoms with E-state index in [1.807, 2.05) is 0 Å². The highest BCUT2D eigenvalue weighted by molar-refractivity contribution is 7.92. The van der Waals surface area contributed by atoms with E-state index in [0.29, 0.717) is 5.82 Å². The number of aryl methyl sites for hydroxylation is 1. The average molecular weight is 258 g/mol. The van der Waals surface area contributed by atoms with E-state index in [1.54, 1.807) is 6.92 Å². The lowest BCUT2D eigenvalue weighted by Crippen LogP contribution is -2.24. The molecule has 1 fully saturated rings. The Bertz CT molecular complexity index is 462. The van der Waals surface area contributed by atoms with E-state index < -0.39 is 10.0 Å². The van der Waals surface area contributed by atoms with Gasteiger partial charge in [0.15, 0.2) is 0 Å². The molecular weight excluding hydrogens is 240 g/mol. The van der Waals surface area contributed by atoms with Gasteiger partial charge in [0.25, 0.3) is 5.95 Å². The average Bonchev–Trinajstić information content (AvgIpc) is 2.63. The summed E-state index contributed by atoms with van der Waals surface area (Å²) in [6.45, 7) is 1.73. The van der Waals surface area contributed by atoms with Crippen LogP contribution in [0.2, 0.25) is 0 Å². The smallest absolute Gasteiger partial charge is 0.255 e. The van der Waals surface area contributed by atoms with Crippen molar-refractivity contribution in [2.24, 2.45) is 5.92 Å². The SMILES string of the molecule is Cc1nc(NS(=O)(=O)CC2CCCCC2)n[nH]1. The van der Waals surface area contributed by atoms with Crippen LogP contribution >= 0.6 is 0 Å². The zero-order chi connectivity index (χ0) is 12.3. The van der Waals surface area contributed by atoms with Crippen LogP contribution in [0.25, 0.3) is 0 Å². The highest BCUT2D eigenvalue weighted by Gasteiger charge is 2.22. The second-order valence-corrected chi connectivity index (χ2v) is 6.40. The number of hydrogen-bond donors (Lipinski definition) is 2. The molecule has 0 amide bonds. The highest BCUT2D eigenvalue weighted by atomic mass is 32.2. The van der Waals surface area contributed by atoms with E-state index in [0.717, 1.165) is 25.7 Å². The summed E-state index contributed by atoms with van der Waals surface area (Å²) >= 11 is 0. The molecule has 6 nitrogen and oxygen atoms in total. The van der Waals surface area contributed by atoms with E-state index in [-0.39, 0.29) is 17.6 Å². The van der Waals surface area contributed by atoms with Crippen LogP contribution < -0.4 is 4.72 Å². The van der Waals surface area contributed by atoms with Crippen LogP contribution in [0.4, 0.5) is 5.95 Å². The second-order valence-electron chi connectivity index (χ2n) is 4.63. The van der Waals surface area contributed by atoms with Gasteiger partial charge in [0.05, 0.1) is 5.75 Å². The maximum absolute atomic E-state index is 11.9. The van der Waals surface area contributed by atoms with Crippen molar-refractivity contribution in [3.05, 3.63) is 5.82 Å². The Morgan fingerprint density at radius 2 is 2.06 bits per heavy atom. The van der Waals surface area contributed by atoms with Gasteiger partial charge in [0.2, 0.25) is 10.0 Å². The third-order valence-electron chi connectivity index (χ3n) is 3.02. The van der Waals surface area contributed by atoms with Gasteiger partial charge in [-0.25, -0.2) is 13.1 Å². The van der Waals surface area contributed by atoms with Crippen molar-refractivity contribution in [2.75, 3.05) is 10.5 Å². The zero-order valence-electron chi connectivity index (χ0n) is 9.94. The standard InChI is InChI=1S/C10H18N4O2S/c1-8-11-10(13-12-8)14-17(15,16)7-9-5-3-2-4-6-9/h9H,2-7H2,1H3,(H2,11,12,13,14). The molecule has 1 heterocycles. The van der Waals surface area contributed by atoms with Crippen LogP contribution in [0.1, 0.15) is 37.9 Å². The molecule has 0 bridgehead atoms. The molecule has 0 aromatic carbocycles. The van der Waals surface area contributed by atoms with Gasteiger partial charge in [-0.05, 0) is 25.7 Å². The minimum atomic E-state index is -3.32. The number of aromatic nitrogens is 3. The third-order valence-corrected chi connectivity index (χ3v) is 4.43. The zero-order valence-corrected chi connectivity index (χ0v) is 10.8. The van der Waals surface area contributed by atoms with Gasteiger partial charge in [0.1, 0.15) is 5.82 Å². The molecule has 7 heteroatoms. The molecule has 1 aliphatic rings. The molecule has 2 N–H and O–H groups in total. The highest BCUT2D eigenvalue weighted by Crippen LogP contribution is 2.25. The Kier molecular flexibility index (Phi) is 3.66. The number of sulfonamides is 1. The van der Waals surface area contributed by atoms with Crippen LogP contribution in [-0.4, -0.2) is 29.4 Å². The van der Waals surface area contributed by atoms with Crippen LogP contribution in [0.15, 0.2) is 0 Å². The Morgan fingerprint density at radius 1 is 1.35 bits per heavy atom. The van der Waals surface area contributed by atoms with E-state index in [2.05, 4.69) is 19.9 Å². The molecular formula is C10H18N4O2S. The minimum Gasteiger partial charge on any atom is -0.261 e. The first kappa shape index (κ1) is 12.3. The normalized spacial score (nSPS) is 18.2. The lowest BCUT2D eigenvalue weighted by atomic mass is 9.91. The summed E-state index contributed by atoms with van der Waals surface area (Å²) in [7, 11) is -3.32. The van der Waals surface area contributed by atoms with Gasteiger partial charge in [-0.2, -0.15) is 4.98 Å². The number of hydrogen-bond acceptors (Lipinski definition) is 4. The molecule has 0 radical (unpaired) electrons. The Labute approximate surface area is 101 Å². The summed E-state index contributed by atoms with van der Waals surface area (Å²) in [5.74, 6) is 1.19. The third kappa shape index (κ3) is 3.69. The lowest BCUT2D eigenvalue weighted by molar-refractivity contribution is 0.385. The molecule has 0 atom stereocenters.